The van der Waals surface area contributed by atoms with Crippen LogP contribution in [-0.4, -0.2) is 67.3 Å². The molecule has 0 radical (unpaired) electrons. The number of rotatable bonds is 6. The number of aromatic nitrogens is 1. The Morgan fingerprint density at radius 2 is 1.91 bits per heavy atom. The molecule has 10 nitrogen and oxygen atoms in total. The summed E-state index contributed by atoms with van der Waals surface area (Å²) < 4.78 is 33.0. The largest absolute Gasteiger partial charge is 0.467 e. The Kier molecular flexibility index (Phi) is 6.72. The fourth-order valence-corrected chi connectivity index (χ4v) is 5.30. The van der Waals surface area contributed by atoms with E-state index in [0.717, 1.165) is 10.9 Å². The molecule has 33 heavy (non-hydrogen) atoms. The van der Waals surface area contributed by atoms with Crippen molar-refractivity contribution in [2.24, 2.45) is 0 Å². The smallest absolute Gasteiger partial charge is 0.321 e. The van der Waals surface area contributed by atoms with Gasteiger partial charge in [0.15, 0.2) is 0 Å². The molecular weight excluding hydrogens is 446 g/mol. The number of para-hydroxylation sites is 1. The summed E-state index contributed by atoms with van der Waals surface area (Å²) in [6.07, 6.45) is 3.15. The van der Waals surface area contributed by atoms with Crippen molar-refractivity contribution >= 4 is 32.9 Å². The predicted octanol–water partition coefficient (Wildman–Crippen LogP) is 1.47. The molecule has 2 N–H and O–H groups in total. The van der Waals surface area contributed by atoms with Gasteiger partial charge in [-0.3, -0.25) is 20.0 Å². The second-order valence-electron chi connectivity index (χ2n) is 7.83. The van der Waals surface area contributed by atoms with Crippen molar-refractivity contribution in [2.45, 2.75) is 18.4 Å². The minimum absolute atomic E-state index is 0.00282. The van der Waals surface area contributed by atoms with Crippen molar-refractivity contribution in [3.8, 4) is 0 Å². The summed E-state index contributed by atoms with van der Waals surface area (Å²) in [5, 5.41) is 5.58. The second kappa shape index (κ2) is 9.69. The van der Waals surface area contributed by atoms with Crippen LogP contribution in [0.3, 0.4) is 0 Å². The van der Waals surface area contributed by atoms with Gasteiger partial charge < -0.3 is 9.73 Å². The Morgan fingerprint density at radius 1 is 1.12 bits per heavy atom. The average molecular weight is 472 g/mol. The van der Waals surface area contributed by atoms with Crippen LogP contribution in [0.5, 0.6) is 0 Å². The van der Waals surface area contributed by atoms with Crippen molar-refractivity contribution in [1.29, 1.82) is 0 Å². The van der Waals surface area contributed by atoms with Gasteiger partial charge in [-0.2, -0.15) is 4.31 Å². The minimum atomic E-state index is -3.73. The van der Waals surface area contributed by atoms with Gasteiger partial charge in [-0.25, -0.2) is 13.2 Å². The normalized spacial score (nSPS) is 15.4. The van der Waals surface area contributed by atoms with Crippen LogP contribution < -0.4 is 10.6 Å². The summed E-state index contributed by atoms with van der Waals surface area (Å²) in [6.45, 7) is 3.30. The van der Waals surface area contributed by atoms with Gasteiger partial charge in [0.1, 0.15) is 10.7 Å². The van der Waals surface area contributed by atoms with Gasteiger partial charge in [0.25, 0.3) is 0 Å². The quantitative estimate of drug-likeness (QED) is 0.558. The van der Waals surface area contributed by atoms with E-state index in [1.807, 2.05) is 24.0 Å². The van der Waals surface area contributed by atoms with Gasteiger partial charge in [0.05, 0.1) is 24.9 Å². The molecule has 0 atom stereocenters. The van der Waals surface area contributed by atoms with E-state index in [4.69, 9.17) is 4.42 Å². The van der Waals surface area contributed by atoms with Crippen LogP contribution in [0.4, 0.5) is 4.79 Å². The number of nitrogens with zero attached hydrogens (tertiary/aromatic N) is 3. The molecule has 4 rings (SSSR count). The highest BCUT2D eigenvalue weighted by atomic mass is 32.2. The zero-order valence-electron chi connectivity index (χ0n) is 18.2. The lowest BCUT2D eigenvalue weighted by atomic mass is 10.2. The van der Waals surface area contributed by atoms with Crippen molar-refractivity contribution in [3.63, 3.8) is 0 Å². The molecule has 1 fully saturated rings. The van der Waals surface area contributed by atoms with Gasteiger partial charge in [0.2, 0.25) is 15.9 Å². The molecule has 0 bridgehead atoms. The third kappa shape index (κ3) is 5.38. The van der Waals surface area contributed by atoms with Gasteiger partial charge >= 0.3 is 6.03 Å². The molecule has 1 aliphatic rings. The average Bonchev–Trinajstić information content (AvgIpc) is 3.31. The number of nitrogens with one attached hydrogen (secondary N) is 2. The Balaban J connectivity index is 1.31. The fourth-order valence-electron chi connectivity index (χ4n) is 3.71. The van der Waals surface area contributed by atoms with Crippen molar-refractivity contribution < 1.29 is 22.4 Å². The fraction of sp³-hybridized carbons (Fsp3) is 0.318. The highest BCUT2D eigenvalue weighted by Crippen LogP contribution is 2.25. The maximum Gasteiger partial charge on any atom is 0.321 e. The third-order valence-corrected chi connectivity index (χ3v) is 7.31. The van der Waals surface area contributed by atoms with Crippen LogP contribution >= 0.6 is 0 Å². The highest BCUT2D eigenvalue weighted by molar-refractivity contribution is 7.89. The first-order valence-electron chi connectivity index (χ1n) is 10.5. The van der Waals surface area contributed by atoms with Crippen LogP contribution in [0.1, 0.15) is 11.3 Å². The number of piperazine rings is 1. The molecule has 0 aliphatic carbocycles. The molecular formula is C22H25N5O5S. The molecule has 0 unspecified atom stereocenters. The number of hydrogen-bond donors (Lipinski definition) is 2. The summed E-state index contributed by atoms with van der Waals surface area (Å²) in [7, 11) is -3.73. The van der Waals surface area contributed by atoms with Crippen molar-refractivity contribution in [2.75, 3.05) is 32.7 Å². The summed E-state index contributed by atoms with van der Waals surface area (Å²) in [6, 6.07) is 9.84. The van der Waals surface area contributed by atoms with E-state index in [0.29, 0.717) is 24.4 Å². The number of urea groups is 1. The molecule has 1 saturated heterocycles. The summed E-state index contributed by atoms with van der Waals surface area (Å²) >= 11 is 0. The highest BCUT2D eigenvalue weighted by Gasteiger charge is 2.30. The SMILES string of the molecule is Cc1cnc2c(S(=O)(=O)N3CCN(CC(=O)NC(=O)NCc4ccco4)CC3)cccc2c1. The number of carbonyl (C=O) groups excluding carboxylic acids is 2. The topological polar surface area (TPSA) is 125 Å². The molecule has 174 valence electrons. The van der Waals surface area contributed by atoms with Crippen LogP contribution in [0.15, 0.2) is 58.2 Å². The number of benzene rings is 1. The lowest BCUT2D eigenvalue weighted by Gasteiger charge is -2.33. The van der Waals surface area contributed by atoms with Gasteiger partial charge in [-0.1, -0.05) is 12.1 Å². The van der Waals surface area contributed by atoms with Crippen LogP contribution in [0.25, 0.3) is 10.9 Å². The Labute approximate surface area is 191 Å². The molecule has 3 heterocycles. The lowest BCUT2D eigenvalue weighted by Crippen LogP contribution is -2.52. The number of hydrogen-bond acceptors (Lipinski definition) is 7. The first-order valence-corrected chi connectivity index (χ1v) is 11.9. The van der Waals surface area contributed by atoms with Gasteiger partial charge in [-0.05, 0) is 36.8 Å². The molecule has 1 aromatic carbocycles. The molecule has 1 aliphatic heterocycles. The Hall–Kier alpha value is -3.28. The lowest BCUT2D eigenvalue weighted by molar-refractivity contribution is -0.121. The summed E-state index contributed by atoms with van der Waals surface area (Å²) in [5.41, 5.74) is 1.41. The number of carbonyl (C=O) groups is 2. The first-order chi connectivity index (χ1) is 15.8. The number of amides is 3. The van der Waals surface area contributed by atoms with Crippen LogP contribution in [0, 0.1) is 6.92 Å². The van der Waals surface area contributed by atoms with Crippen LogP contribution in [0.2, 0.25) is 0 Å². The number of imide groups is 1. The van der Waals surface area contributed by atoms with Crippen molar-refractivity contribution in [1.82, 2.24) is 24.8 Å². The zero-order valence-corrected chi connectivity index (χ0v) is 19.0. The standard InChI is InChI=1S/C22H25N5O5S/c1-16-12-17-4-2-6-19(21(17)23-13-16)33(30,31)27-9-7-26(8-10-27)15-20(28)25-22(29)24-14-18-5-3-11-32-18/h2-6,11-13H,7-10,14-15H2,1H3,(H2,24,25,28,29). The number of furan rings is 1. The molecule has 3 amide bonds. The Bertz CT molecular complexity index is 1250. The van der Waals surface area contributed by atoms with E-state index in [1.165, 1.54) is 10.6 Å². The molecule has 0 spiro atoms. The zero-order chi connectivity index (χ0) is 23.4. The number of fused-ring (bicyclic) bond motifs is 1. The summed E-state index contributed by atoms with van der Waals surface area (Å²) in [5.74, 6) is 0.114. The molecule has 0 saturated carbocycles. The van der Waals surface area contributed by atoms with E-state index in [9.17, 15) is 18.0 Å². The van der Waals surface area contributed by atoms with Crippen molar-refractivity contribution in [3.05, 3.63) is 60.2 Å². The first kappa shape index (κ1) is 22.9. The van der Waals surface area contributed by atoms with E-state index < -0.39 is 22.0 Å². The van der Waals surface area contributed by atoms with E-state index in [2.05, 4.69) is 15.6 Å². The van der Waals surface area contributed by atoms with Crippen LogP contribution in [-0.2, 0) is 21.4 Å². The van der Waals surface area contributed by atoms with E-state index >= 15 is 0 Å². The maximum atomic E-state index is 13.3. The predicted molar refractivity (Wildman–Crippen MR) is 121 cm³/mol. The number of sulfonamides is 1. The Morgan fingerprint density at radius 3 is 2.64 bits per heavy atom. The molecule has 11 heteroatoms. The van der Waals surface area contributed by atoms with E-state index in [1.54, 1.807) is 30.5 Å². The number of pyridine rings is 1. The molecule has 3 aromatic rings. The van der Waals surface area contributed by atoms with Gasteiger partial charge in [0, 0.05) is 37.8 Å². The number of aryl methyl sites for hydroxylation is 1. The minimum Gasteiger partial charge on any atom is -0.467 e. The summed E-state index contributed by atoms with van der Waals surface area (Å²) in [4.78, 5) is 30.4. The second-order valence-corrected chi connectivity index (χ2v) is 9.74. The van der Waals surface area contributed by atoms with E-state index in [-0.39, 0.29) is 31.1 Å². The van der Waals surface area contributed by atoms with Gasteiger partial charge in [-0.15, -0.1) is 0 Å². The maximum absolute atomic E-state index is 13.3. The third-order valence-electron chi connectivity index (χ3n) is 5.38. The molecule has 2 aromatic heterocycles. The monoisotopic (exact) mass is 471 g/mol.